The van der Waals surface area contributed by atoms with Crippen molar-refractivity contribution in [1.82, 2.24) is 14.2 Å². The summed E-state index contributed by atoms with van der Waals surface area (Å²) in [6.45, 7) is 10.1. The van der Waals surface area contributed by atoms with Crippen LogP contribution in [-0.2, 0) is 29.4 Å². The first-order valence-electron chi connectivity index (χ1n) is 13.9. The van der Waals surface area contributed by atoms with E-state index in [1.54, 1.807) is 29.2 Å². The number of carbonyl (C=O) groups is 1. The Labute approximate surface area is 253 Å². The fraction of sp³-hybridized carbons (Fsp3) is 0.355. The van der Waals surface area contributed by atoms with Crippen LogP contribution in [0.5, 0.6) is 0 Å². The van der Waals surface area contributed by atoms with Gasteiger partial charge in [-0.1, -0.05) is 62.4 Å². The summed E-state index contributed by atoms with van der Waals surface area (Å²) in [5.74, 6) is -0.183. The van der Waals surface area contributed by atoms with Crippen molar-refractivity contribution in [3.63, 3.8) is 0 Å². The first-order chi connectivity index (χ1) is 19.3. The number of likely N-dealkylation sites (N-methyl/N-ethyl adjacent to an activating group) is 1. The van der Waals surface area contributed by atoms with Gasteiger partial charge in [-0.15, -0.1) is 12.4 Å². The molecule has 1 amide bonds. The number of rotatable bonds is 10. The van der Waals surface area contributed by atoms with Gasteiger partial charge >= 0.3 is 0 Å². The number of sulfonamides is 1. The Morgan fingerprint density at radius 3 is 2.34 bits per heavy atom. The molecular weight excluding hydrogens is 576 g/mol. The van der Waals surface area contributed by atoms with Crippen LogP contribution < -0.4 is 4.90 Å². The maximum Gasteiger partial charge on any atom is 0.260 e. The summed E-state index contributed by atoms with van der Waals surface area (Å²) in [5.41, 5.74) is 4.78. The van der Waals surface area contributed by atoms with Crippen LogP contribution >= 0.6 is 23.7 Å². The van der Waals surface area contributed by atoms with Crippen molar-refractivity contribution < 1.29 is 13.2 Å². The van der Waals surface area contributed by atoms with E-state index < -0.39 is 10.0 Å². The number of halogens is 1. The van der Waals surface area contributed by atoms with Crippen molar-refractivity contribution >= 4 is 55.0 Å². The van der Waals surface area contributed by atoms with Gasteiger partial charge in [0.2, 0.25) is 10.0 Å². The molecule has 5 rings (SSSR count). The predicted octanol–water partition coefficient (Wildman–Crippen LogP) is 6.02. The number of amides is 1. The zero-order valence-electron chi connectivity index (χ0n) is 23.7. The van der Waals surface area contributed by atoms with Crippen LogP contribution in [-0.4, -0.2) is 61.2 Å². The first kappa shape index (κ1) is 31.1. The minimum atomic E-state index is -3.68. The van der Waals surface area contributed by atoms with Gasteiger partial charge in [0.15, 0.2) is 5.13 Å². The number of nitrogens with zero attached hydrogens (tertiary/aromatic N) is 4. The molecule has 0 bridgehead atoms. The molecule has 1 aliphatic rings. The summed E-state index contributed by atoms with van der Waals surface area (Å²) in [6, 6.07) is 20.6. The van der Waals surface area contributed by atoms with Crippen LogP contribution in [0.3, 0.4) is 0 Å². The number of aryl methyl sites for hydroxylation is 1. The smallest absolute Gasteiger partial charge is 0.260 e. The summed E-state index contributed by atoms with van der Waals surface area (Å²) in [7, 11) is -3.68. The lowest BCUT2D eigenvalue weighted by Gasteiger charge is -2.28. The van der Waals surface area contributed by atoms with Gasteiger partial charge in [0.25, 0.3) is 5.91 Å². The van der Waals surface area contributed by atoms with Gasteiger partial charge in [-0.25, -0.2) is 13.4 Å². The highest BCUT2D eigenvalue weighted by Gasteiger charge is 2.29. The molecule has 0 fully saturated rings. The molecule has 2 heterocycles. The van der Waals surface area contributed by atoms with Crippen LogP contribution in [0.4, 0.5) is 5.13 Å². The maximum atomic E-state index is 13.8. The Hall–Kier alpha value is -2.82. The Bertz CT molecular complexity index is 1600. The zero-order chi connectivity index (χ0) is 28.3. The highest BCUT2D eigenvalue weighted by atomic mass is 35.5. The molecule has 0 saturated carbocycles. The van der Waals surface area contributed by atoms with Crippen molar-refractivity contribution in [2.45, 2.75) is 45.1 Å². The van der Waals surface area contributed by atoms with Crippen molar-refractivity contribution in [2.24, 2.45) is 0 Å². The van der Waals surface area contributed by atoms with E-state index in [1.165, 1.54) is 26.8 Å². The molecule has 0 radical (unpaired) electrons. The fourth-order valence-corrected chi connectivity index (χ4v) is 7.58. The number of hydrogen-bond donors (Lipinski definition) is 0. The van der Waals surface area contributed by atoms with E-state index >= 15 is 0 Å². The van der Waals surface area contributed by atoms with Crippen molar-refractivity contribution in [3.05, 3.63) is 89.0 Å². The second-order valence-electron chi connectivity index (χ2n) is 10.0. The summed E-state index contributed by atoms with van der Waals surface area (Å²) >= 11 is 1.52. The van der Waals surface area contributed by atoms with Crippen molar-refractivity contribution in [3.8, 4) is 0 Å². The van der Waals surface area contributed by atoms with E-state index in [4.69, 9.17) is 4.98 Å². The zero-order valence-corrected chi connectivity index (χ0v) is 26.2. The fourth-order valence-electron chi connectivity index (χ4n) is 5.11. The number of anilines is 1. The van der Waals surface area contributed by atoms with Crippen LogP contribution in [0.2, 0.25) is 0 Å². The van der Waals surface area contributed by atoms with Gasteiger partial charge in [-0.3, -0.25) is 9.69 Å². The SMILES string of the molecule is CCc1ccc2nc(N(CCN(CC)CC)C(=O)c3ccc(S(=O)(=O)N4CCc5ccccc5C4)cc3)sc2c1.Cl. The summed E-state index contributed by atoms with van der Waals surface area (Å²) < 4.78 is 29.5. The van der Waals surface area contributed by atoms with Crippen LogP contribution in [0, 0.1) is 0 Å². The molecule has 0 aliphatic carbocycles. The van der Waals surface area contributed by atoms with E-state index in [-0.39, 0.29) is 23.2 Å². The van der Waals surface area contributed by atoms with Gasteiger partial charge in [-0.2, -0.15) is 4.31 Å². The van der Waals surface area contributed by atoms with E-state index in [2.05, 4.69) is 43.9 Å². The molecule has 0 N–H and O–H groups in total. The summed E-state index contributed by atoms with van der Waals surface area (Å²) in [5, 5.41) is 0.657. The number of hydrogen-bond acceptors (Lipinski definition) is 6. The second kappa shape index (κ2) is 13.4. The number of benzene rings is 3. The quantitative estimate of drug-likeness (QED) is 0.219. The van der Waals surface area contributed by atoms with Gasteiger partial charge < -0.3 is 4.90 Å². The van der Waals surface area contributed by atoms with Gasteiger partial charge in [0, 0.05) is 31.7 Å². The molecular formula is C31H37ClN4O3S2. The Morgan fingerprint density at radius 1 is 0.951 bits per heavy atom. The minimum absolute atomic E-state index is 0. The molecule has 1 aliphatic heterocycles. The largest absolute Gasteiger partial charge is 0.302 e. The van der Waals surface area contributed by atoms with Crippen LogP contribution in [0.1, 0.15) is 47.8 Å². The summed E-state index contributed by atoms with van der Waals surface area (Å²) in [4.78, 5) is 22.9. The van der Waals surface area contributed by atoms with E-state index in [9.17, 15) is 13.2 Å². The lowest BCUT2D eigenvalue weighted by atomic mass is 10.0. The molecule has 218 valence electrons. The molecule has 7 nitrogen and oxygen atoms in total. The molecule has 0 saturated heterocycles. The summed E-state index contributed by atoms with van der Waals surface area (Å²) in [6.07, 6.45) is 1.63. The van der Waals surface area contributed by atoms with Gasteiger partial charge in [0.05, 0.1) is 15.1 Å². The second-order valence-corrected chi connectivity index (χ2v) is 13.0. The van der Waals surface area contributed by atoms with Crippen LogP contribution in [0.25, 0.3) is 10.2 Å². The molecule has 3 aromatic carbocycles. The molecule has 0 unspecified atom stereocenters. The average molecular weight is 613 g/mol. The van der Waals surface area contributed by atoms with E-state index in [0.717, 1.165) is 41.8 Å². The van der Waals surface area contributed by atoms with E-state index in [1.807, 2.05) is 24.3 Å². The molecule has 0 atom stereocenters. The Kier molecular flexibility index (Phi) is 10.2. The van der Waals surface area contributed by atoms with Gasteiger partial charge in [0.1, 0.15) is 0 Å². The van der Waals surface area contributed by atoms with E-state index in [0.29, 0.717) is 36.8 Å². The average Bonchev–Trinajstić information content (AvgIpc) is 3.42. The highest BCUT2D eigenvalue weighted by Crippen LogP contribution is 2.31. The molecule has 10 heteroatoms. The third-order valence-electron chi connectivity index (χ3n) is 7.69. The Balaban J connectivity index is 0.00000387. The third-order valence-corrected chi connectivity index (χ3v) is 10.6. The third kappa shape index (κ3) is 6.65. The van der Waals surface area contributed by atoms with Crippen molar-refractivity contribution in [2.75, 3.05) is 37.6 Å². The number of fused-ring (bicyclic) bond motifs is 2. The lowest BCUT2D eigenvalue weighted by Crippen LogP contribution is -2.39. The maximum absolute atomic E-state index is 13.8. The normalized spacial score (nSPS) is 13.7. The number of aromatic nitrogens is 1. The van der Waals surface area contributed by atoms with Crippen LogP contribution in [0.15, 0.2) is 71.6 Å². The molecule has 4 aromatic rings. The van der Waals surface area contributed by atoms with Gasteiger partial charge in [-0.05, 0) is 79.0 Å². The molecule has 0 spiro atoms. The highest BCUT2D eigenvalue weighted by molar-refractivity contribution is 7.89. The molecule has 41 heavy (non-hydrogen) atoms. The first-order valence-corrected chi connectivity index (χ1v) is 16.2. The minimum Gasteiger partial charge on any atom is -0.302 e. The van der Waals surface area contributed by atoms with Crippen molar-refractivity contribution in [1.29, 1.82) is 0 Å². The Morgan fingerprint density at radius 2 is 1.66 bits per heavy atom. The number of thiazole rings is 1. The standard InChI is InChI=1S/C31H36N4O3S2.ClH/c1-4-23-11-16-28-29(21-23)39-31(32-28)35(20-19-33(5-2)6-3)30(36)25-12-14-27(15-13-25)40(37,38)34-18-17-24-9-7-8-10-26(24)22-34;/h7-16,21H,4-6,17-20,22H2,1-3H3;1H. The number of carbonyl (C=O) groups excluding carboxylic acids is 1. The monoisotopic (exact) mass is 612 g/mol. The molecule has 1 aromatic heterocycles. The lowest BCUT2D eigenvalue weighted by molar-refractivity contribution is 0.0983. The predicted molar refractivity (Wildman–Crippen MR) is 170 cm³/mol. The topological polar surface area (TPSA) is 73.8 Å².